The quantitative estimate of drug-likeness (QED) is 0.491. The third-order valence-electron chi connectivity index (χ3n) is 5.75. The average molecular weight is 471 g/mol. The Morgan fingerprint density at radius 3 is 2.24 bits per heavy atom. The fourth-order valence-electron chi connectivity index (χ4n) is 3.63. The molecule has 1 saturated heterocycles. The van der Waals surface area contributed by atoms with Gasteiger partial charge >= 0.3 is 5.97 Å². The van der Waals surface area contributed by atoms with Gasteiger partial charge in [-0.3, -0.25) is 4.79 Å². The van der Waals surface area contributed by atoms with E-state index in [1.165, 1.54) is 7.11 Å². The van der Waals surface area contributed by atoms with E-state index in [1.54, 1.807) is 30.2 Å². The number of hydrogen-bond acceptors (Lipinski definition) is 7. The van der Waals surface area contributed by atoms with E-state index in [0.29, 0.717) is 55.8 Å². The monoisotopic (exact) mass is 470 g/mol. The van der Waals surface area contributed by atoms with E-state index in [2.05, 4.69) is 18.7 Å². The van der Waals surface area contributed by atoms with Crippen LogP contribution in [-0.2, 0) is 9.53 Å². The van der Waals surface area contributed by atoms with Crippen molar-refractivity contribution in [3.63, 3.8) is 0 Å². The van der Waals surface area contributed by atoms with Gasteiger partial charge in [-0.15, -0.1) is 0 Å². The first-order chi connectivity index (χ1) is 16.4. The summed E-state index contributed by atoms with van der Waals surface area (Å²) in [5.41, 5.74) is 1.40. The van der Waals surface area contributed by atoms with Crippen molar-refractivity contribution in [1.82, 2.24) is 4.90 Å². The van der Waals surface area contributed by atoms with Crippen LogP contribution in [0.15, 0.2) is 42.5 Å². The van der Waals surface area contributed by atoms with Crippen molar-refractivity contribution < 1.29 is 28.5 Å². The first kappa shape index (κ1) is 25.2. The van der Waals surface area contributed by atoms with Crippen molar-refractivity contribution in [3.05, 3.63) is 48.0 Å². The highest BCUT2D eigenvalue weighted by molar-refractivity contribution is 5.92. The van der Waals surface area contributed by atoms with E-state index in [1.807, 2.05) is 24.3 Å². The number of anilines is 1. The topological polar surface area (TPSA) is 77.5 Å². The summed E-state index contributed by atoms with van der Waals surface area (Å²) in [4.78, 5) is 29.0. The van der Waals surface area contributed by atoms with Crippen LogP contribution < -0.4 is 19.1 Å². The van der Waals surface area contributed by atoms with Gasteiger partial charge in [-0.2, -0.15) is 0 Å². The summed E-state index contributed by atoms with van der Waals surface area (Å²) in [6, 6.07) is 12.7. The maximum atomic E-state index is 12.6. The number of amides is 1. The molecule has 0 N–H and O–H groups in total. The highest BCUT2D eigenvalue weighted by Crippen LogP contribution is 2.29. The normalized spacial score (nSPS) is 13.6. The van der Waals surface area contributed by atoms with Crippen LogP contribution in [0.4, 0.5) is 5.69 Å². The van der Waals surface area contributed by atoms with Crippen molar-refractivity contribution in [2.45, 2.75) is 20.3 Å². The molecule has 0 radical (unpaired) electrons. The predicted octanol–water partition coefficient (Wildman–Crippen LogP) is 3.63. The second kappa shape index (κ2) is 12.2. The maximum Gasteiger partial charge on any atom is 0.338 e. The Hall–Kier alpha value is -3.42. The standard InChI is InChI=1S/C26H34N2O6/c1-19(2)11-16-33-23-10-5-20(17-24(23)32-4)26(30)34-18-25(29)28-14-12-27(13-15-28)21-6-8-22(31-3)9-7-21/h5-10,17,19H,11-16,18H2,1-4H3. The number of piperazine rings is 1. The summed E-state index contributed by atoms with van der Waals surface area (Å²) in [7, 11) is 3.16. The predicted molar refractivity (Wildman–Crippen MR) is 130 cm³/mol. The van der Waals surface area contributed by atoms with Crippen LogP contribution in [0.5, 0.6) is 17.2 Å². The van der Waals surface area contributed by atoms with Crippen molar-refractivity contribution in [1.29, 1.82) is 0 Å². The first-order valence-corrected chi connectivity index (χ1v) is 11.6. The van der Waals surface area contributed by atoms with Gasteiger partial charge in [-0.05, 0) is 54.8 Å². The maximum absolute atomic E-state index is 12.6. The Morgan fingerprint density at radius 2 is 1.62 bits per heavy atom. The molecule has 184 valence electrons. The van der Waals surface area contributed by atoms with E-state index < -0.39 is 5.97 Å². The van der Waals surface area contributed by atoms with Gasteiger partial charge in [0.25, 0.3) is 5.91 Å². The Labute approximate surface area is 201 Å². The van der Waals surface area contributed by atoms with E-state index in [9.17, 15) is 9.59 Å². The van der Waals surface area contributed by atoms with Gasteiger partial charge in [0, 0.05) is 31.9 Å². The van der Waals surface area contributed by atoms with Gasteiger partial charge in [0.2, 0.25) is 0 Å². The number of carbonyl (C=O) groups excluding carboxylic acids is 2. The number of ether oxygens (including phenoxy) is 4. The van der Waals surface area contributed by atoms with Crippen LogP contribution in [0.1, 0.15) is 30.6 Å². The van der Waals surface area contributed by atoms with E-state index in [4.69, 9.17) is 18.9 Å². The zero-order valence-corrected chi connectivity index (χ0v) is 20.4. The van der Waals surface area contributed by atoms with Crippen molar-refractivity contribution in [3.8, 4) is 17.2 Å². The van der Waals surface area contributed by atoms with Gasteiger partial charge in [0.15, 0.2) is 18.1 Å². The van der Waals surface area contributed by atoms with Crippen LogP contribution in [0, 0.1) is 5.92 Å². The molecule has 3 rings (SSSR count). The number of rotatable bonds is 10. The molecule has 1 fully saturated rings. The Balaban J connectivity index is 1.47. The van der Waals surface area contributed by atoms with Gasteiger partial charge in [-0.1, -0.05) is 13.8 Å². The van der Waals surface area contributed by atoms with Gasteiger partial charge in [0.05, 0.1) is 26.4 Å². The van der Waals surface area contributed by atoms with E-state index in [-0.39, 0.29) is 12.5 Å². The summed E-state index contributed by atoms with van der Waals surface area (Å²) in [5.74, 6) is 1.60. The number of esters is 1. The molecule has 0 unspecified atom stereocenters. The molecule has 1 heterocycles. The first-order valence-electron chi connectivity index (χ1n) is 11.6. The lowest BCUT2D eigenvalue weighted by atomic mass is 10.1. The fraction of sp³-hybridized carbons (Fsp3) is 0.462. The fourth-order valence-corrected chi connectivity index (χ4v) is 3.63. The lowest BCUT2D eigenvalue weighted by Crippen LogP contribution is -2.49. The Morgan fingerprint density at radius 1 is 0.912 bits per heavy atom. The molecule has 0 aromatic heterocycles. The molecule has 8 heteroatoms. The molecule has 1 amide bonds. The summed E-state index contributed by atoms with van der Waals surface area (Å²) in [5, 5.41) is 0. The average Bonchev–Trinajstić information content (AvgIpc) is 2.87. The highest BCUT2D eigenvalue weighted by Gasteiger charge is 2.23. The van der Waals surface area contributed by atoms with Crippen molar-refractivity contribution in [2.24, 2.45) is 5.92 Å². The minimum absolute atomic E-state index is 0.205. The number of nitrogens with zero attached hydrogens (tertiary/aromatic N) is 2. The largest absolute Gasteiger partial charge is 0.497 e. The minimum Gasteiger partial charge on any atom is -0.497 e. The van der Waals surface area contributed by atoms with Crippen molar-refractivity contribution >= 4 is 17.6 Å². The lowest BCUT2D eigenvalue weighted by molar-refractivity contribution is -0.134. The number of hydrogen-bond donors (Lipinski definition) is 0. The summed E-state index contributed by atoms with van der Waals surface area (Å²) in [6.07, 6.45) is 0.920. The van der Waals surface area contributed by atoms with E-state index >= 15 is 0 Å². The molecule has 0 bridgehead atoms. The smallest absolute Gasteiger partial charge is 0.338 e. The second-order valence-electron chi connectivity index (χ2n) is 8.54. The molecule has 2 aromatic carbocycles. The molecule has 34 heavy (non-hydrogen) atoms. The van der Waals surface area contributed by atoms with Crippen LogP contribution in [0.25, 0.3) is 0 Å². The van der Waals surface area contributed by atoms with E-state index in [0.717, 1.165) is 17.9 Å². The van der Waals surface area contributed by atoms with Crippen LogP contribution in [0.2, 0.25) is 0 Å². The van der Waals surface area contributed by atoms with Gasteiger partial charge < -0.3 is 28.7 Å². The molecule has 0 aliphatic carbocycles. The molecule has 2 aromatic rings. The second-order valence-corrected chi connectivity index (χ2v) is 8.54. The number of carbonyl (C=O) groups is 2. The molecule has 0 spiro atoms. The molecular formula is C26H34N2O6. The minimum atomic E-state index is -0.572. The van der Waals surface area contributed by atoms with Gasteiger partial charge in [0.1, 0.15) is 5.75 Å². The molecule has 1 aliphatic rings. The zero-order valence-electron chi connectivity index (χ0n) is 20.4. The van der Waals surface area contributed by atoms with Crippen LogP contribution in [-0.4, -0.2) is 70.4 Å². The Kier molecular flexibility index (Phi) is 9.01. The third kappa shape index (κ3) is 6.79. The van der Waals surface area contributed by atoms with Gasteiger partial charge in [-0.25, -0.2) is 4.79 Å². The lowest BCUT2D eigenvalue weighted by Gasteiger charge is -2.36. The van der Waals surface area contributed by atoms with Crippen LogP contribution >= 0.6 is 0 Å². The molecular weight excluding hydrogens is 436 g/mol. The molecule has 1 aliphatic heterocycles. The summed E-state index contributed by atoms with van der Waals surface area (Å²) >= 11 is 0. The SMILES string of the molecule is COc1ccc(N2CCN(C(=O)COC(=O)c3ccc(OCCC(C)C)c(OC)c3)CC2)cc1. The molecule has 0 saturated carbocycles. The highest BCUT2D eigenvalue weighted by atomic mass is 16.5. The number of benzene rings is 2. The third-order valence-corrected chi connectivity index (χ3v) is 5.75. The van der Waals surface area contributed by atoms with Crippen molar-refractivity contribution in [2.75, 3.05) is 58.5 Å². The molecule has 0 atom stereocenters. The summed E-state index contributed by atoms with van der Waals surface area (Å²) < 4.78 is 21.6. The molecule has 8 nitrogen and oxygen atoms in total. The zero-order chi connectivity index (χ0) is 24.5. The summed E-state index contributed by atoms with van der Waals surface area (Å²) in [6.45, 7) is 7.08. The number of methoxy groups -OCH3 is 2. The Bertz CT molecular complexity index is 952. The van der Waals surface area contributed by atoms with Crippen LogP contribution in [0.3, 0.4) is 0 Å².